The van der Waals surface area contributed by atoms with Crippen LogP contribution in [0.5, 0.6) is 0 Å². The number of aliphatic hydroxyl groups excluding tert-OH is 1. The number of carbonyl (C=O) groups excluding carboxylic acids is 1. The van der Waals surface area contributed by atoms with Crippen molar-refractivity contribution in [3.8, 4) is 0 Å². The van der Waals surface area contributed by atoms with Gasteiger partial charge in [0.15, 0.2) is 0 Å². The number of rotatable bonds is 10. The molecule has 0 saturated carbocycles. The average molecular weight is 440 g/mol. The number of nitrogens with zero attached hydrogens (tertiary/aromatic N) is 1. The maximum Gasteiger partial charge on any atom is 0.345 e. The van der Waals surface area contributed by atoms with Crippen LogP contribution >= 0.6 is 11.3 Å². The lowest BCUT2D eigenvalue weighted by Crippen LogP contribution is -2.32. The van der Waals surface area contributed by atoms with Crippen LogP contribution in [0.3, 0.4) is 0 Å². The van der Waals surface area contributed by atoms with Gasteiger partial charge in [-0.15, -0.1) is 11.3 Å². The topological polar surface area (TPSA) is 77.8 Å². The van der Waals surface area contributed by atoms with E-state index in [1.54, 1.807) is 17.0 Å². The minimum Gasteiger partial charge on any atom is -0.477 e. The molecule has 0 aliphatic carbocycles. The number of thiophene rings is 1. The fourth-order valence-electron chi connectivity index (χ4n) is 3.67. The highest BCUT2D eigenvalue weighted by Gasteiger charge is 2.28. The molecule has 6 heteroatoms. The summed E-state index contributed by atoms with van der Waals surface area (Å²) in [5.41, 5.74) is 1.27. The minimum atomic E-state index is -0.930. The largest absolute Gasteiger partial charge is 0.477 e. The summed E-state index contributed by atoms with van der Waals surface area (Å²) < 4.78 is 0. The monoisotopic (exact) mass is 439 g/mol. The first-order valence-corrected chi connectivity index (χ1v) is 11.4. The van der Waals surface area contributed by atoms with Crippen LogP contribution < -0.4 is 0 Å². The van der Waals surface area contributed by atoms with Gasteiger partial charge in [-0.1, -0.05) is 55.5 Å². The van der Waals surface area contributed by atoms with E-state index in [1.807, 2.05) is 49.4 Å². The van der Waals surface area contributed by atoms with E-state index in [9.17, 15) is 14.7 Å². The Morgan fingerprint density at radius 1 is 1.26 bits per heavy atom. The molecule has 1 aromatic heterocycles. The summed E-state index contributed by atoms with van der Waals surface area (Å²) in [6.07, 6.45) is 10.1. The zero-order valence-electron chi connectivity index (χ0n) is 17.7. The van der Waals surface area contributed by atoms with Gasteiger partial charge >= 0.3 is 5.97 Å². The van der Waals surface area contributed by atoms with E-state index in [0.717, 1.165) is 24.1 Å². The zero-order valence-corrected chi connectivity index (χ0v) is 18.5. The van der Waals surface area contributed by atoms with Gasteiger partial charge in [-0.25, -0.2) is 4.79 Å². The SMILES string of the molecule is C[C@@H](CCc1ccccc1)[C@@H](O)/C=C\[C@H]1CCC(=O)N1CC=Cc1ccc(C(=O)O)s1. The third-order valence-corrected chi connectivity index (χ3v) is 6.68. The Kier molecular flexibility index (Phi) is 8.20. The first-order valence-electron chi connectivity index (χ1n) is 10.6. The number of amides is 1. The normalized spacial score (nSPS) is 18.8. The van der Waals surface area contributed by atoms with Crippen LogP contribution in [0, 0.1) is 5.92 Å². The first kappa shape index (κ1) is 23.0. The van der Waals surface area contributed by atoms with Gasteiger partial charge in [0.2, 0.25) is 5.91 Å². The lowest BCUT2D eigenvalue weighted by Gasteiger charge is -2.22. The van der Waals surface area contributed by atoms with E-state index in [2.05, 4.69) is 12.1 Å². The second-order valence-electron chi connectivity index (χ2n) is 7.94. The van der Waals surface area contributed by atoms with Crippen molar-refractivity contribution in [2.75, 3.05) is 6.54 Å². The molecule has 3 atom stereocenters. The number of hydrogen-bond donors (Lipinski definition) is 2. The van der Waals surface area contributed by atoms with Crippen molar-refractivity contribution in [1.29, 1.82) is 0 Å². The molecule has 3 rings (SSSR count). The van der Waals surface area contributed by atoms with Crippen molar-refractivity contribution in [1.82, 2.24) is 4.90 Å². The molecule has 2 N–H and O–H groups in total. The van der Waals surface area contributed by atoms with E-state index in [0.29, 0.717) is 17.8 Å². The minimum absolute atomic E-state index is 0.0222. The Morgan fingerprint density at radius 3 is 2.74 bits per heavy atom. The number of likely N-dealkylation sites (tertiary alicyclic amines) is 1. The summed E-state index contributed by atoms with van der Waals surface area (Å²) in [7, 11) is 0. The Labute approximate surface area is 187 Å². The summed E-state index contributed by atoms with van der Waals surface area (Å²) in [5, 5.41) is 19.5. The molecule has 2 heterocycles. The van der Waals surface area contributed by atoms with Crippen LogP contribution in [-0.4, -0.2) is 45.7 Å². The fourth-order valence-corrected chi connectivity index (χ4v) is 4.45. The van der Waals surface area contributed by atoms with Crippen LogP contribution in [0.1, 0.15) is 46.3 Å². The van der Waals surface area contributed by atoms with Crippen LogP contribution in [0.2, 0.25) is 0 Å². The molecular formula is C25H29NO4S. The molecule has 0 bridgehead atoms. The number of hydrogen-bond acceptors (Lipinski definition) is 4. The number of aliphatic hydroxyl groups is 1. The summed E-state index contributed by atoms with van der Waals surface area (Å²) in [6, 6.07) is 13.6. The van der Waals surface area contributed by atoms with E-state index >= 15 is 0 Å². The Hall–Kier alpha value is -2.70. The van der Waals surface area contributed by atoms with Crippen molar-refractivity contribution in [2.24, 2.45) is 5.92 Å². The molecular weight excluding hydrogens is 410 g/mol. The second kappa shape index (κ2) is 11.1. The first-order chi connectivity index (χ1) is 14.9. The fraction of sp³-hybridized carbons (Fsp3) is 0.360. The molecule has 1 amide bonds. The molecule has 164 valence electrons. The van der Waals surface area contributed by atoms with Crippen molar-refractivity contribution in [3.63, 3.8) is 0 Å². The number of aryl methyl sites for hydroxylation is 1. The maximum atomic E-state index is 12.3. The highest BCUT2D eigenvalue weighted by Crippen LogP contribution is 2.22. The lowest BCUT2D eigenvalue weighted by molar-refractivity contribution is -0.127. The summed E-state index contributed by atoms with van der Waals surface area (Å²) >= 11 is 1.21. The second-order valence-corrected chi connectivity index (χ2v) is 9.05. The van der Waals surface area contributed by atoms with Crippen molar-refractivity contribution < 1.29 is 19.8 Å². The van der Waals surface area contributed by atoms with Gasteiger partial charge in [0.25, 0.3) is 0 Å². The molecule has 1 aromatic carbocycles. The predicted octanol–water partition coefficient (Wildman–Crippen LogP) is 4.64. The van der Waals surface area contributed by atoms with E-state index in [4.69, 9.17) is 5.11 Å². The number of carboxylic acid groups (broad SMARTS) is 1. The van der Waals surface area contributed by atoms with Crippen LogP contribution in [0.25, 0.3) is 6.08 Å². The van der Waals surface area contributed by atoms with Crippen molar-refractivity contribution >= 4 is 29.3 Å². The molecule has 0 radical (unpaired) electrons. The van der Waals surface area contributed by atoms with Gasteiger partial charge < -0.3 is 15.1 Å². The van der Waals surface area contributed by atoms with Gasteiger partial charge in [-0.3, -0.25) is 4.79 Å². The van der Waals surface area contributed by atoms with Gasteiger partial charge in [-0.2, -0.15) is 0 Å². The van der Waals surface area contributed by atoms with E-state index in [-0.39, 0.29) is 17.9 Å². The summed E-state index contributed by atoms with van der Waals surface area (Å²) in [4.78, 5) is 26.2. The average Bonchev–Trinajstić information content (AvgIpc) is 3.38. The number of carboxylic acids is 1. The third kappa shape index (κ3) is 6.64. The molecule has 1 fully saturated rings. The van der Waals surface area contributed by atoms with Crippen LogP contribution in [0.15, 0.2) is 60.7 Å². The molecule has 31 heavy (non-hydrogen) atoms. The molecule has 1 saturated heterocycles. The lowest BCUT2D eigenvalue weighted by atomic mass is 9.95. The molecule has 1 aliphatic rings. The standard InChI is InChI=1S/C25H29NO4S/c1-18(9-10-19-6-3-2-4-7-19)22(27)14-11-20-12-16-24(28)26(20)17-5-8-21-13-15-23(31-21)25(29)30/h2-8,11,13-15,18,20,22,27H,9-10,12,16-17H2,1H3,(H,29,30)/b8-5?,14-11-/t18-,20-,22-/m0/s1. The Balaban J connectivity index is 1.51. The molecule has 0 unspecified atom stereocenters. The predicted molar refractivity (Wildman–Crippen MR) is 124 cm³/mol. The van der Waals surface area contributed by atoms with Gasteiger partial charge in [0.05, 0.1) is 12.1 Å². The molecule has 2 aromatic rings. The number of aromatic carboxylic acids is 1. The van der Waals surface area contributed by atoms with Crippen LogP contribution in [0.4, 0.5) is 0 Å². The Morgan fingerprint density at radius 2 is 2.03 bits per heavy atom. The van der Waals surface area contributed by atoms with Crippen LogP contribution in [-0.2, 0) is 11.2 Å². The molecule has 1 aliphatic heterocycles. The highest BCUT2D eigenvalue weighted by atomic mass is 32.1. The summed E-state index contributed by atoms with van der Waals surface area (Å²) in [5.74, 6) is -0.700. The smallest absolute Gasteiger partial charge is 0.345 e. The molecule has 0 spiro atoms. The zero-order chi connectivity index (χ0) is 22.2. The van der Waals surface area contributed by atoms with Crippen molar-refractivity contribution in [2.45, 2.75) is 44.8 Å². The molecule has 5 nitrogen and oxygen atoms in total. The number of benzene rings is 1. The number of carbonyl (C=O) groups is 2. The van der Waals surface area contributed by atoms with Gasteiger partial charge in [0.1, 0.15) is 4.88 Å². The summed E-state index contributed by atoms with van der Waals surface area (Å²) in [6.45, 7) is 2.51. The van der Waals surface area contributed by atoms with E-state index in [1.165, 1.54) is 16.9 Å². The van der Waals surface area contributed by atoms with Crippen molar-refractivity contribution in [3.05, 3.63) is 76.0 Å². The maximum absolute atomic E-state index is 12.3. The Bertz CT molecular complexity index is 934. The third-order valence-electron chi connectivity index (χ3n) is 5.64. The van der Waals surface area contributed by atoms with Gasteiger partial charge in [-0.05, 0) is 49.0 Å². The van der Waals surface area contributed by atoms with Gasteiger partial charge in [0, 0.05) is 17.8 Å². The highest BCUT2D eigenvalue weighted by molar-refractivity contribution is 7.14. The quantitative estimate of drug-likeness (QED) is 0.529. The van der Waals surface area contributed by atoms with E-state index < -0.39 is 12.1 Å².